The number of hydrogen-bond donors (Lipinski definition) is 12. The van der Waals surface area contributed by atoms with Crippen molar-refractivity contribution in [2.24, 2.45) is 0 Å². The van der Waals surface area contributed by atoms with Crippen LogP contribution in [0.5, 0.6) is 0 Å². The molecule has 0 radical (unpaired) electrons. The number of esters is 1. The van der Waals surface area contributed by atoms with Gasteiger partial charge in [-0.1, -0.05) is 26.5 Å². The summed E-state index contributed by atoms with van der Waals surface area (Å²) < 4.78 is 5.28. The molecule has 0 aromatic carbocycles. The highest BCUT2D eigenvalue weighted by Gasteiger charge is 2.36. The standard InChI is InChI=1S/C45H60N6O12/c1-8-24-20(3)28-13-30-22(5)26(10-11-38(58)46-16-34(54)43(60)36(56)18-52)41(50-30)27(12-39(59)47-17-35(55)44(61)37(57)19-53)42-40(45(62)63-7)23(6)31(51-42)15-33-25(9-2)21(4)29(49-33)14-32(24)48-28/h8,13-15,22,26,34-37,43-44,48-49,52-57,60-61H,1,9-12,16-19H2,2-7H3,(H,46,58)(H,47,59)/t22-,26-,34-,35-,36-,37-,43+,44+/m0/s1. The van der Waals surface area contributed by atoms with Crippen LogP contribution in [0.15, 0.2) is 24.8 Å². The largest absolute Gasteiger partial charge is 0.465 e. The summed E-state index contributed by atoms with van der Waals surface area (Å²) in [4.78, 5) is 58.3. The van der Waals surface area contributed by atoms with Crippen LogP contribution in [0.4, 0.5) is 0 Å². The van der Waals surface area contributed by atoms with Gasteiger partial charge in [-0.2, -0.15) is 0 Å². The number of fused-ring (bicyclic) bond motifs is 8. The number of carbonyl (C=O) groups excluding carboxylic acids is 3. The molecule has 5 heterocycles. The number of hydrogen-bond acceptors (Lipinski definition) is 14. The van der Waals surface area contributed by atoms with Gasteiger partial charge in [0.05, 0.1) is 61.6 Å². The molecule has 18 heteroatoms. The predicted octanol–water partition coefficient (Wildman–Crippen LogP) is 0.833. The van der Waals surface area contributed by atoms with E-state index in [4.69, 9.17) is 19.8 Å². The van der Waals surface area contributed by atoms with Crippen molar-refractivity contribution in [1.82, 2.24) is 30.6 Å². The fourth-order valence-corrected chi connectivity index (χ4v) is 8.19. The van der Waals surface area contributed by atoms with Gasteiger partial charge in [0.1, 0.15) is 24.4 Å². The Morgan fingerprint density at radius 2 is 1.40 bits per heavy atom. The normalized spacial score (nSPS) is 18.0. The van der Waals surface area contributed by atoms with Gasteiger partial charge in [-0.25, -0.2) is 9.78 Å². The molecular weight excluding hydrogens is 817 g/mol. The van der Waals surface area contributed by atoms with Crippen LogP contribution in [0.3, 0.4) is 0 Å². The van der Waals surface area contributed by atoms with Crippen molar-refractivity contribution in [3.63, 3.8) is 0 Å². The van der Waals surface area contributed by atoms with E-state index in [2.05, 4.69) is 27.2 Å². The molecule has 2 amide bonds. The van der Waals surface area contributed by atoms with Crippen molar-refractivity contribution in [3.05, 3.63) is 75.4 Å². The first-order chi connectivity index (χ1) is 29.9. The molecule has 3 aromatic heterocycles. The Kier molecular flexibility index (Phi) is 16.2. The summed E-state index contributed by atoms with van der Waals surface area (Å²) in [5.41, 5.74) is 9.06. The zero-order valence-electron chi connectivity index (χ0n) is 36.4. The summed E-state index contributed by atoms with van der Waals surface area (Å²) >= 11 is 0. The lowest BCUT2D eigenvalue weighted by molar-refractivity contribution is -0.133. The maximum Gasteiger partial charge on any atom is 0.340 e. The number of H-pyrrole nitrogens is 2. The quantitative estimate of drug-likeness (QED) is 0.0789. The summed E-state index contributed by atoms with van der Waals surface area (Å²) in [6.07, 6.45) is -8.04. The number of amides is 2. The van der Waals surface area contributed by atoms with Crippen LogP contribution in [0.25, 0.3) is 39.3 Å². The highest BCUT2D eigenvalue weighted by atomic mass is 16.5. The first-order valence-corrected chi connectivity index (χ1v) is 20.9. The van der Waals surface area contributed by atoms with Gasteiger partial charge in [-0.3, -0.25) is 14.6 Å². The number of rotatable bonds is 18. The molecule has 8 atom stereocenters. The highest BCUT2D eigenvalue weighted by Crippen LogP contribution is 2.44. The van der Waals surface area contributed by atoms with Crippen molar-refractivity contribution >= 4 is 57.1 Å². The number of aromatic nitrogens is 4. The van der Waals surface area contributed by atoms with Gasteiger partial charge in [0.2, 0.25) is 11.8 Å². The number of methoxy groups -OCH3 is 1. The molecule has 0 saturated carbocycles. The van der Waals surface area contributed by atoms with Gasteiger partial charge >= 0.3 is 5.97 Å². The minimum absolute atomic E-state index is 0.0763. The third-order valence-corrected chi connectivity index (χ3v) is 12.1. The SMILES string of the molecule is C=Cc1c(C)c2cc3nc(c(CC(=O)NC[C@H](O)[C@@H](O)[C@@H](O)CO)c4nc(cc5[nH]c(cc1[nH]2)c(C)c5CC)C(C)=C4C(=O)OC)[C@@H](CCC(=O)NC[C@H](O)[C@@H](O)[C@@H](O)CO)[C@@H]3C. The van der Waals surface area contributed by atoms with Gasteiger partial charge in [-0.15, -0.1) is 0 Å². The average Bonchev–Trinajstić information content (AvgIpc) is 3.96. The molecule has 0 aliphatic carbocycles. The van der Waals surface area contributed by atoms with Crippen molar-refractivity contribution in [2.75, 3.05) is 33.4 Å². The second kappa shape index (κ2) is 20.9. The van der Waals surface area contributed by atoms with E-state index in [0.717, 1.165) is 44.3 Å². The van der Waals surface area contributed by atoms with Crippen LogP contribution in [0.1, 0.15) is 96.0 Å². The molecule has 0 unspecified atom stereocenters. The summed E-state index contributed by atoms with van der Waals surface area (Å²) in [7, 11) is 1.23. The molecule has 0 saturated heterocycles. The molecule has 2 aliphatic heterocycles. The summed E-state index contributed by atoms with van der Waals surface area (Å²) in [5.74, 6) is -2.92. The van der Waals surface area contributed by atoms with Crippen LogP contribution in [-0.4, -0.2) is 149 Å². The Bertz CT molecular complexity index is 2410. The van der Waals surface area contributed by atoms with Gasteiger partial charge in [0, 0.05) is 70.2 Å². The molecule has 0 fully saturated rings. The molecule has 3 aromatic rings. The zero-order chi connectivity index (χ0) is 46.4. The van der Waals surface area contributed by atoms with E-state index in [0.29, 0.717) is 29.1 Å². The lowest BCUT2D eigenvalue weighted by Gasteiger charge is -2.22. The number of aromatic amines is 2. The number of aliphatic hydroxyl groups excluding tert-OH is 8. The highest BCUT2D eigenvalue weighted by molar-refractivity contribution is 6.25. The van der Waals surface area contributed by atoms with E-state index in [1.165, 1.54) is 7.11 Å². The van der Waals surface area contributed by atoms with E-state index in [-0.39, 0.29) is 29.7 Å². The molecular formula is C45H60N6O12. The van der Waals surface area contributed by atoms with Crippen LogP contribution in [-0.2, 0) is 32.0 Å². The van der Waals surface area contributed by atoms with E-state index in [9.17, 15) is 50.1 Å². The number of carbonyl (C=O) groups is 3. The van der Waals surface area contributed by atoms with E-state index < -0.39 is 99.0 Å². The molecule has 0 spiro atoms. The third-order valence-electron chi connectivity index (χ3n) is 12.1. The molecule has 342 valence electrons. The van der Waals surface area contributed by atoms with Crippen LogP contribution < -0.4 is 10.6 Å². The van der Waals surface area contributed by atoms with Crippen molar-refractivity contribution in [3.8, 4) is 0 Å². The van der Waals surface area contributed by atoms with E-state index >= 15 is 0 Å². The Balaban J connectivity index is 1.78. The van der Waals surface area contributed by atoms with Gasteiger partial charge in [0.25, 0.3) is 0 Å². The molecule has 2 aliphatic rings. The van der Waals surface area contributed by atoms with Crippen molar-refractivity contribution in [1.29, 1.82) is 0 Å². The average molecular weight is 877 g/mol. The first-order valence-electron chi connectivity index (χ1n) is 20.9. The summed E-state index contributed by atoms with van der Waals surface area (Å²) in [6.45, 7) is 11.1. The van der Waals surface area contributed by atoms with Crippen LogP contribution in [0, 0.1) is 13.8 Å². The number of ether oxygens (including phenoxy) is 1. The number of nitrogens with zero attached hydrogens (tertiary/aromatic N) is 2. The molecule has 5 rings (SSSR count). The Hall–Kier alpha value is -5.31. The third kappa shape index (κ3) is 10.4. The fourth-order valence-electron chi connectivity index (χ4n) is 8.19. The maximum atomic E-state index is 14.0. The maximum absolute atomic E-state index is 14.0. The van der Waals surface area contributed by atoms with Gasteiger partial charge < -0.3 is 66.2 Å². The fraction of sp³-hybridized carbons (Fsp3) is 0.489. The van der Waals surface area contributed by atoms with Gasteiger partial charge in [0.15, 0.2) is 0 Å². The monoisotopic (exact) mass is 876 g/mol. The minimum atomic E-state index is -1.78. The number of nitrogens with one attached hydrogen (secondary N) is 4. The molecule has 8 bridgehead atoms. The number of aryl methyl sites for hydroxylation is 3. The molecule has 18 nitrogen and oxygen atoms in total. The Labute approximate surface area is 364 Å². The van der Waals surface area contributed by atoms with Crippen LogP contribution >= 0.6 is 0 Å². The lowest BCUT2D eigenvalue weighted by atomic mass is 9.84. The lowest BCUT2D eigenvalue weighted by Crippen LogP contribution is -2.46. The Morgan fingerprint density at radius 3 is 1.97 bits per heavy atom. The molecule has 63 heavy (non-hydrogen) atoms. The second-order valence-electron chi connectivity index (χ2n) is 16.1. The van der Waals surface area contributed by atoms with Crippen LogP contribution in [0.2, 0.25) is 0 Å². The van der Waals surface area contributed by atoms with Crippen molar-refractivity contribution in [2.45, 2.75) is 109 Å². The summed E-state index contributed by atoms with van der Waals surface area (Å²) in [6, 6.07) is 5.73. The predicted molar refractivity (Wildman–Crippen MR) is 235 cm³/mol. The van der Waals surface area contributed by atoms with E-state index in [1.54, 1.807) is 13.0 Å². The molecule has 12 N–H and O–H groups in total. The minimum Gasteiger partial charge on any atom is -0.465 e. The van der Waals surface area contributed by atoms with E-state index in [1.807, 2.05) is 45.9 Å². The van der Waals surface area contributed by atoms with Gasteiger partial charge in [-0.05, 0) is 74.1 Å². The second-order valence-corrected chi connectivity index (χ2v) is 16.1. The topological polar surface area (TPSA) is 304 Å². The zero-order valence-corrected chi connectivity index (χ0v) is 36.4. The Morgan fingerprint density at radius 1 is 0.810 bits per heavy atom. The first kappa shape index (κ1) is 48.7. The summed E-state index contributed by atoms with van der Waals surface area (Å²) in [5, 5.41) is 84.4. The number of aliphatic hydroxyl groups is 8. The van der Waals surface area contributed by atoms with Crippen molar-refractivity contribution < 1.29 is 60.0 Å². The number of allylic oxidation sites excluding steroid dienone is 1. The smallest absolute Gasteiger partial charge is 0.340 e.